The largest absolute Gasteiger partial charge is 0.477 e. The van der Waals surface area contributed by atoms with Gasteiger partial charge in [-0.25, -0.2) is 4.79 Å². The van der Waals surface area contributed by atoms with Crippen molar-refractivity contribution < 1.29 is 44.0 Å². The Morgan fingerprint density at radius 2 is 1.89 bits per heavy atom. The molecule has 27 heavy (non-hydrogen) atoms. The van der Waals surface area contributed by atoms with Crippen molar-refractivity contribution in [1.82, 2.24) is 10.6 Å². The third-order valence-electron chi connectivity index (χ3n) is 4.00. The van der Waals surface area contributed by atoms with Crippen LogP contribution in [0.5, 0.6) is 0 Å². The average Bonchev–Trinajstić information content (AvgIpc) is 2.54. The van der Waals surface area contributed by atoms with Crippen molar-refractivity contribution in [2.75, 3.05) is 6.54 Å². The first-order chi connectivity index (χ1) is 12.4. The van der Waals surface area contributed by atoms with Crippen LogP contribution in [0.3, 0.4) is 0 Å². The van der Waals surface area contributed by atoms with Gasteiger partial charge in [0.05, 0.1) is 24.7 Å². The number of aliphatic hydroxyl groups excluding tert-OH is 1. The smallest absolute Gasteiger partial charge is 0.364 e. The summed E-state index contributed by atoms with van der Waals surface area (Å²) in [6.07, 6.45) is -4.78. The summed E-state index contributed by atoms with van der Waals surface area (Å²) in [5, 5.41) is 34.6. The number of aliphatic hydroxyl groups is 2. The molecule has 0 aromatic rings. The molecule has 0 spiro atoms. The monoisotopic (exact) mass is 391 g/mol. The molecule has 1 rings (SSSR count). The van der Waals surface area contributed by atoms with Gasteiger partial charge in [-0.1, -0.05) is 0 Å². The van der Waals surface area contributed by atoms with E-state index >= 15 is 0 Å². The summed E-state index contributed by atoms with van der Waals surface area (Å²) >= 11 is 0. The van der Waals surface area contributed by atoms with E-state index in [1.807, 2.05) is 0 Å². The van der Waals surface area contributed by atoms with Crippen LogP contribution in [0.1, 0.15) is 27.2 Å². The number of amides is 2. The SMILES string of the molecule is CC(=O)N[C@H]([C@@H]1O[C@](O)(C(=O)O)C[C@H](O)[C@@H]1NC(C)=O)[C@H](C)OC(=O)CN. The van der Waals surface area contributed by atoms with Gasteiger partial charge in [-0.2, -0.15) is 0 Å². The van der Waals surface area contributed by atoms with Crippen LogP contribution in [0, 0.1) is 0 Å². The van der Waals surface area contributed by atoms with Gasteiger partial charge in [0.15, 0.2) is 0 Å². The highest BCUT2D eigenvalue weighted by molar-refractivity contribution is 5.77. The van der Waals surface area contributed by atoms with Crippen LogP contribution >= 0.6 is 0 Å². The molecule has 0 unspecified atom stereocenters. The normalized spacial score (nSPS) is 29.9. The first-order valence-electron chi connectivity index (χ1n) is 8.16. The summed E-state index contributed by atoms with van der Waals surface area (Å²) in [5.74, 6) is -6.49. The molecule has 2 amide bonds. The number of nitrogens with two attached hydrogens (primary N) is 1. The molecule has 0 saturated carbocycles. The minimum atomic E-state index is -2.77. The van der Waals surface area contributed by atoms with Gasteiger partial charge in [0.1, 0.15) is 12.2 Å². The molecular weight excluding hydrogens is 366 g/mol. The van der Waals surface area contributed by atoms with Crippen LogP contribution in [0.15, 0.2) is 0 Å². The number of carboxylic acid groups (broad SMARTS) is 1. The van der Waals surface area contributed by atoms with E-state index in [9.17, 15) is 34.5 Å². The number of carboxylic acids is 1. The molecule has 6 atom stereocenters. The lowest BCUT2D eigenvalue weighted by Crippen LogP contribution is -2.69. The number of carbonyl (C=O) groups is 4. The van der Waals surface area contributed by atoms with Gasteiger partial charge >= 0.3 is 11.9 Å². The Morgan fingerprint density at radius 1 is 1.30 bits per heavy atom. The molecule has 1 saturated heterocycles. The van der Waals surface area contributed by atoms with Crippen LogP contribution in [-0.2, 0) is 28.7 Å². The summed E-state index contributed by atoms with van der Waals surface area (Å²) < 4.78 is 10.3. The summed E-state index contributed by atoms with van der Waals surface area (Å²) in [5.41, 5.74) is 5.19. The highest BCUT2D eigenvalue weighted by atomic mass is 16.7. The van der Waals surface area contributed by atoms with Crippen LogP contribution in [0.2, 0.25) is 0 Å². The van der Waals surface area contributed by atoms with Crippen molar-refractivity contribution in [3.8, 4) is 0 Å². The summed E-state index contributed by atoms with van der Waals surface area (Å²) in [6, 6.07) is -2.41. The molecule has 12 heteroatoms. The van der Waals surface area contributed by atoms with Gasteiger partial charge in [-0.05, 0) is 6.92 Å². The van der Waals surface area contributed by atoms with Crippen LogP contribution in [-0.4, -0.2) is 81.8 Å². The number of hydrogen-bond donors (Lipinski definition) is 6. The van der Waals surface area contributed by atoms with E-state index < -0.39 is 72.9 Å². The molecular formula is C15H25N3O9. The van der Waals surface area contributed by atoms with Crippen LogP contribution in [0.25, 0.3) is 0 Å². The molecule has 1 aliphatic rings. The Bertz CT molecular complexity index is 599. The lowest BCUT2D eigenvalue weighted by Gasteiger charge is -2.46. The number of rotatable bonds is 7. The Kier molecular flexibility index (Phi) is 7.65. The number of carbonyl (C=O) groups excluding carboxylic acids is 3. The Morgan fingerprint density at radius 3 is 2.33 bits per heavy atom. The minimum Gasteiger partial charge on any atom is -0.477 e. The van der Waals surface area contributed by atoms with Gasteiger partial charge in [0, 0.05) is 20.3 Å². The minimum absolute atomic E-state index is 0.445. The molecule has 7 N–H and O–H groups in total. The van der Waals surface area contributed by atoms with Crippen molar-refractivity contribution in [3.05, 3.63) is 0 Å². The second-order valence-electron chi connectivity index (χ2n) is 6.30. The lowest BCUT2D eigenvalue weighted by molar-refractivity contribution is -0.283. The van der Waals surface area contributed by atoms with Gasteiger partial charge in [0.2, 0.25) is 11.8 Å². The maximum Gasteiger partial charge on any atom is 0.364 e. The van der Waals surface area contributed by atoms with Crippen LogP contribution in [0.4, 0.5) is 0 Å². The van der Waals surface area contributed by atoms with Crippen molar-refractivity contribution in [2.45, 2.75) is 63.4 Å². The Balaban J connectivity index is 3.29. The maximum atomic E-state index is 11.6. The Hall–Kier alpha value is -2.28. The molecule has 0 aromatic heterocycles. The second-order valence-corrected chi connectivity index (χ2v) is 6.30. The number of nitrogens with one attached hydrogen (secondary N) is 2. The standard InChI is InChI=1S/C15H25N3O9/c1-6(26-10(22)5-16)11(17-7(2)19)13-12(18-8(3)20)9(21)4-15(25,27-13)14(23)24/h6,9,11-13,21,25H,4-5,16H2,1-3H3,(H,17,19)(H,18,20)(H,23,24)/t6-,9-,11-,12-,13-,15-/m0/s1. The van der Waals surface area contributed by atoms with E-state index in [1.54, 1.807) is 0 Å². The third-order valence-corrected chi connectivity index (χ3v) is 4.00. The molecule has 1 fully saturated rings. The molecule has 0 aliphatic carbocycles. The fourth-order valence-corrected chi connectivity index (χ4v) is 2.85. The third kappa shape index (κ3) is 5.85. The molecule has 12 nitrogen and oxygen atoms in total. The molecule has 0 aromatic carbocycles. The Labute approximate surface area is 155 Å². The zero-order chi connectivity index (χ0) is 20.9. The van der Waals surface area contributed by atoms with Gasteiger partial charge in [-0.3, -0.25) is 14.4 Å². The first-order valence-corrected chi connectivity index (χ1v) is 8.16. The van der Waals surface area contributed by atoms with Crippen molar-refractivity contribution in [1.29, 1.82) is 0 Å². The zero-order valence-corrected chi connectivity index (χ0v) is 15.2. The maximum absolute atomic E-state index is 11.6. The highest BCUT2D eigenvalue weighted by Crippen LogP contribution is 2.31. The quantitative estimate of drug-likeness (QED) is 0.240. The van der Waals surface area contributed by atoms with E-state index in [2.05, 4.69) is 10.6 Å². The van der Waals surface area contributed by atoms with E-state index in [0.29, 0.717) is 0 Å². The van der Waals surface area contributed by atoms with Gasteiger partial charge < -0.3 is 41.2 Å². The summed E-state index contributed by atoms with van der Waals surface area (Å²) in [4.78, 5) is 46.0. The fourth-order valence-electron chi connectivity index (χ4n) is 2.85. The first kappa shape index (κ1) is 22.8. The van der Waals surface area contributed by atoms with Gasteiger partial charge in [-0.15, -0.1) is 0 Å². The van der Waals surface area contributed by atoms with Crippen LogP contribution < -0.4 is 16.4 Å². The predicted molar refractivity (Wildman–Crippen MR) is 87.9 cm³/mol. The zero-order valence-electron chi connectivity index (χ0n) is 15.2. The topological polar surface area (TPSA) is 198 Å². The number of ether oxygens (including phenoxy) is 2. The summed E-state index contributed by atoms with van der Waals surface area (Å²) in [7, 11) is 0. The van der Waals surface area contributed by atoms with E-state index in [1.165, 1.54) is 6.92 Å². The predicted octanol–water partition coefficient (Wildman–Crippen LogP) is -3.19. The molecule has 1 heterocycles. The number of hydrogen-bond acceptors (Lipinski definition) is 9. The summed E-state index contributed by atoms with van der Waals surface area (Å²) in [6.45, 7) is 3.25. The van der Waals surface area contributed by atoms with Crippen molar-refractivity contribution in [2.24, 2.45) is 5.73 Å². The lowest BCUT2D eigenvalue weighted by atomic mass is 9.87. The number of esters is 1. The van der Waals surface area contributed by atoms with Crippen molar-refractivity contribution >= 4 is 23.8 Å². The molecule has 0 bridgehead atoms. The number of aliphatic carboxylic acids is 1. The van der Waals surface area contributed by atoms with E-state index in [-0.39, 0.29) is 0 Å². The van der Waals surface area contributed by atoms with E-state index in [4.69, 9.17) is 15.2 Å². The average molecular weight is 391 g/mol. The molecule has 1 aliphatic heterocycles. The molecule has 0 radical (unpaired) electrons. The fraction of sp³-hybridized carbons (Fsp3) is 0.733. The van der Waals surface area contributed by atoms with Gasteiger partial charge in [0.25, 0.3) is 5.79 Å². The molecule has 154 valence electrons. The second kappa shape index (κ2) is 9.08. The highest BCUT2D eigenvalue weighted by Gasteiger charge is 2.54. The van der Waals surface area contributed by atoms with Crippen molar-refractivity contribution in [3.63, 3.8) is 0 Å². The van der Waals surface area contributed by atoms with E-state index in [0.717, 1.165) is 13.8 Å².